The number of benzene rings is 1. The third kappa shape index (κ3) is 4.32. The maximum Gasteiger partial charge on any atom is 0.0332 e. The first-order valence-corrected chi connectivity index (χ1v) is 8.12. The third-order valence-corrected chi connectivity index (χ3v) is 4.76. The lowest BCUT2D eigenvalue weighted by Gasteiger charge is -2.24. The van der Waals surface area contributed by atoms with E-state index >= 15 is 0 Å². The molecule has 0 amide bonds. The van der Waals surface area contributed by atoms with Gasteiger partial charge >= 0.3 is 0 Å². The quantitative estimate of drug-likeness (QED) is 0.814. The largest absolute Gasteiger partial charge is 0.313 e. The van der Waals surface area contributed by atoms with Gasteiger partial charge in [0.15, 0.2) is 0 Å². The minimum Gasteiger partial charge on any atom is -0.313 e. The van der Waals surface area contributed by atoms with E-state index < -0.39 is 0 Å². The molecule has 0 spiro atoms. The molecule has 0 heterocycles. The molecule has 2 nitrogen and oxygen atoms in total. The van der Waals surface area contributed by atoms with Crippen molar-refractivity contribution in [2.45, 2.75) is 45.1 Å². The number of aryl methyl sites for hydroxylation is 1. The molecule has 0 saturated heterocycles. The Labute approximate surface area is 124 Å². The van der Waals surface area contributed by atoms with Gasteiger partial charge in [-0.1, -0.05) is 37.1 Å². The Balaban J connectivity index is 1.82. The van der Waals surface area contributed by atoms with Crippen LogP contribution in [-0.2, 0) is 0 Å². The Morgan fingerprint density at radius 2 is 1.95 bits per heavy atom. The molecular formula is C18H30N2. The summed E-state index contributed by atoms with van der Waals surface area (Å²) < 4.78 is 0. The van der Waals surface area contributed by atoms with E-state index in [4.69, 9.17) is 0 Å². The molecule has 0 radical (unpaired) electrons. The predicted molar refractivity (Wildman–Crippen MR) is 87.1 cm³/mol. The van der Waals surface area contributed by atoms with Crippen LogP contribution in [-0.4, -0.2) is 32.1 Å². The number of rotatable bonds is 7. The van der Waals surface area contributed by atoms with E-state index in [1.165, 1.54) is 56.3 Å². The Hall–Kier alpha value is -0.860. The van der Waals surface area contributed by atoms with Crippen LogP contribution >= 0.6 is 0 Å². The molecule has 1 atom stereocenters. The molecule has 2 rings (SSSR count). The van der Waals surface area contributed by atoms with Crippen LogP contribution in [0, 0.1) is 12.8 Å². The Morgan fingerprint density at radius 3 is 2.60 bits per heavy atom. The summed E-state index contributed by atoms with van der Waals surface area (Å²) in [4.78, 5) is 2.53. The van der Waals surface area contributed by atoms with E-state index in [1.54, 1.807) is 0 Å². The monoisotopic (exact) mass is 274 g/mol. The van der Waals surface area contributed by atoms with E-state index in [-0.39, 0.29) is 0 Å². The summed E-state index contributed by atoms with van der Waals surface area (Å²) in [5, 5.41) is 3.48. The average Bonchev–Trinajstić information content (AvgIpc) is 2.94. The molecule has 0 bridgehead atoms. The number of hydrogen-bond acceptors (Lipinski definition) is 2. The first-order chi connectivity index (χ1) is 9.70. The van der Waals surface area contributed by atoms with Gasteiger partial charge in [0.25, 0.3) is 0 Å². The van der Waals surface area contributed by atoms with E-state index in [1.807, 2.05) is 0 Å². The summed E-state index contributed by atoms with van der Waals surface area (Å²) >= 11 is 0. The fraction of sp³-hybridized carbons (Fsp3) is 0.667. The minimum atomic E-state index is 0.474. The molecule has 1 fully saturated rings. The van der Waals surface area contributed by atoms with Crippen molar-refractivity contribution in [1.82, 2.24) is 10.2 Å². The number of nitrogens with one attached hydrogen (secondary N) is 1. The van der Waals surface area contributed by atoms with E-state index in [0.717, 1.165) is 5.92 Å². The van der Waals surface area contributed by atoms with Crippen molar-refractivity contribution in [2.24, 2.45) is 5.92 Å². The third-order valence-electron chi connectivity index (χ3n) is 4.76. The summed E-state index contributed by atoms with van der Waals surface area (Å²) in [5.41, 5.74) is 2.84. The summed E-state index contributed by atoms with van der Waals surface area (Å²) in [5.74, 6) is 0.950. The van der Waals surface area contributed by atoms with Crippen LogP contribution in [0.5, 0.6) is 0 Å². The molecule has 1 aliphatic rings. The molecule has 1 aromatic carbocycles. The highest BCUT2D eigenvalue weighted by atomic mass is 15.1. The van der Waals surface area contributed by atoms with Crippen molar-refractivity contribution in [3.63, 3.8) is 0 Å². The fourth-order valence-corrected chi connectivity index (χ4v) is 3.51. The van der Waals surface area contributed by atoms with Crippen LogP contribution < -0.4 is 5.32 Å². The van der Waals surface area contributed by atoms with Crippen molar-refractivity contribution < 1.29 is 0 Å². The zero-order valence-corrected chi connectivity index (χ0v) is 13.4. The second-order valence-electron chi connectivity index (χ2n) is 6.40. The molecule has 0 aliphatic heterocycles. The molecular weight excluding hydrogens is 244 g/mol. The van der Waals surface area contributed by atoms with Crippen molar-refractivity contribution in [3.05, 3.63) is 35.4 Å². The highest BCUT2D eigenvalue weighted by Crippen LogP contribution is 2.26. The molecule has 2 heteroatoms. The van der Waals surface area contributed by atoms with E-state index in [0.29, 0.717) is 6.04 Å². The zero-order valence-electron chi connectivity index (χ0n) is 13.4. The standard InChI is InChI=1S/C18H30N2/c1-15-8-4-7-11-17(15)18(19-2)12-13-20(3)14-16-9-5-6-10-16/h4,7-8,11,16,18-19H,5-6,9-10,12-14H2,1-3H3. The van der Waals surface area contributed by atoms with Crippen LogP contribution in [0.2, 0.25) is 0 Å². The van der Waals surface area contributed by atoms with E-state index in [9.17, 15) is 0 Å². The first kappa shape index (κ1) is 15.5. The second-order valence-corrected chi connectivity index (χ2v) is 6.40. The van der Waals surface area contributed by atoms with Crippen LogP contribution in [0.3, 0.4) is 0 Å². The predicted octanol–water partition coefficient (Wildman–Crippen LogP) is 3.77. The maximum absolute atomic E-state index is 3.48. The lowest BCUT2D eigenvalue weighted by atomic mass is 9.98. The summed E-state index contributed by atoms with van der Waals surface area (Å²) in [6, 6.07) is 9.21. The van der Waals surface area contributed by atoms with Gasteiger partial charge in [-0.2, -0.15) is 0 Å². The van der Waals surface area contributed by atoms with E-state index in [2.05, 4.69) is 55.5 Å². The van der Waals surface area contributed by atoms with Gasteiger partial charge in [-0.3, -0.25) is 0 Å². The van der Waals surface area contributed by atoms with Crippen molar-refractivity contribution in [2.75, 3.05) is 27.2 Å². The van der Waals surface area contributed by atoms with Gasteiger partial charge in [-0.25, -0.2) is 0 Å². The van der Waals surface area contributed by atoms with Crippen molar-refractivity contribution >= 4 is 0 Å². The molecule has 1 unspecified atom stereocenters. The number of nitrogens with zero attached hydrogens (tertiary/aromatic N) is 1. The summed E-state index contributed by atoms with van der Waals surface area (Å²) in [7, 11) is 4.36. The molecule has 1 aliphatic carbocycles. The molecule has 1 aromatic rings. The summed E-state index contributed by atoms with van der Waals surface area (Å²) in [6.45, 7) is 4.67. The van der Waals surface area contributed by atoms with Gasteiger partial charge in [-0.15, -0.1) is 0 Å². The molecule has 1 saturated carbocycles. The SMILES string of the molecule is CNC(CCN(C)CC1CCCC1)c1ccccc1C. The van der Waals surface area contributed by atoms with Gasteiger partial charge < -0.3 is 10.2 Å². The molecule has 0 aromatic heterocycles. The lowest BCUT2D eigenvalue weighted by Crippen LogP contribution is -2.29. The van der Waals surface area contributed by atoms with Gasteiger partial charge in [0, 0.05) is 12.6 Å². The van der Waals surface area contributed by atoms with Crippen molar-refractivity contribution in [3.8, 4) is 0 Å². The zero-order chi connectivity index (χ0) is 14.4. The van der Waals surface area contributed by atoms with Crippen LogP contribution in [0.1, 0.15) is 49.3 Å². The number of hydrogen-bond donors (Lipinski definition) is 1. The molecule has 1 N–H and O–H groups in total. The molecule has 20 heavy (non-hydrogen) atoms. The van der Waals surface area contributed by atoms with Crippen LogP contribution in [0.15, 0.2) is 24.3 Å². The Morgan fingerprint density at radius 1 is 1.25 bits per heavy atom. The lowest BCUT2D eigenvalue weighted by molar-refractivity contribution is 0.264. The van der Waals surface area contributed by atoms with Gasteiger partial charge in [-0.05, 0) is 63.9 Å². The van der Waals surface area contributed by atoms with Gasteiger partial charge in [0.2, 0.25) is 0 Å². The Bertz CT molecular complexity index is 396. The fourth-order valence-electron chi connectivity index (χ4n) is 3.51. The van der Waals surface area contributed by atoms with Crippen LogP contribution in [0.4, 0.5) is 0 Å². The highest BCUT2D eigenvalue weighted by Gasteiger charge is 2.18. The second kappa shape index (κ2) is 7.80. The van der Waals surface area contributed by atoms with Gasteiger partial charge in [0.05, 0.1) is 0 Å². The Kier molecular flexibility index (Phi) is 6.06. The highest BCUT2D eigenvalue weighted by molar-refractivity contribution is 5.28. The van der Waals surface area contributed by atoms with Crippen molar-refractivity contribution in [1.29, 1.82) is 0 Å². The topological polar surface area (TPSA) is 15.3 Å². The summed E-state index contributed by atoms with van der Waals surface area (Å²) in [6.07, 6.45) is 6.96. The average molecular weight is 274 g/mol. The smallest absolute Gasteiger partial charge is 0.0332 e. The normalized spacial score (nSPS) is 17.8. The maximum atomic E-state index is 3.48. The first-order valence-electron chi connectivity index (χ1n) is 8.12. The molecule has 112 valence electrons. The van der Waals surface area contributed by atoms with Gasteiger partial charge in [0.1, 0.15) is 0 Å². The van der Waals surface area contributed by atoms with Crippen LogP contribution in [0.25, 0.3) is 0 Å². The minimum absolute atomic E-state index is 0.474.